The van der Waals surface area contributed by atoms with Crippen molar-refractivity contribution in [2.45, 2.75) is 11.8 Å². The van der Waals surface area contributed by atoms with Gasteiger partial charge < -0.3 is 9.84 Å². The molecule has 2 aromatic rings. The van der Waals surface area contributed by atoms with Crippen LogP contribution in [0.15, 0.2) is 35.2 Å². The molecule has 0 aliphatic heterocycles. The van der Waals surface area contributed by atoms with Gasteiger partial charge in [0.05, 0.1) is 16.7 Å². The SMILES string of the molecule is CCOC(=O)c1c(O)cc(/C=C/c2ccc(Cl)c(Cl)c2)cc1SC. The van der Waals surface area contributed by atoms with Gasteiger partial charge in [0.25, 0.3) is 0 Å². The Bertz CT molecular complexity index is 788. The fourth-order valence-electron chi connectivity index (χ4n) is 2.10. The molecule has 6 heteroatoms. The summed E-state index contributed by atoms with van der Waals surface area (Å²) in [7, 11) is 0. The highest BCUT2D eigenvalue weighted by Gasteiger charge is 2.18. The van der Waals surface area contributed by atoms with Gasteiger partial charge in [-0.05, 0) is 48.6 Å². The maximum Gasteiger partial charge on any atom is 0.343 e. The summed E-state index contributed by atoms with van der Waals surface area (Å²) in [5.41, 5.74) is 1.83. The molecule has 0 radical (unpaired) electrons. The zero-order valence-electron chi connectivity index (χ0n) is 13.2. The average molecular weight is 383 g/mol. The highest BCUT2D eigenvalue weighted by molar-refractivity contribution is 7.98. The Morgan fingerprint density at radius 2 is 1.88 bits per heavy atom. The minimum atomic E-state index is -0.528. The minimum Gasteiger partial charge on any atom is -0.507 e. The van der Waals surface area contributed by atoms with E-state index in [-0.39, 0.29) is 17.9 Å². The molecule has 24 heavy (non-hydrogen) atoms. The number of hydrogen-bond donors (Lipinski definition) is 1. The number of carbonyl (C=O) groups is 1. The second-order valence-electron chi connectivity index (χ2n) is 4.84. The third-order valence-corrected chi connectivity index (χ3v) is 4.72. The third kappa shape index (κ3) is 4.47. The lowest BCUT2D eigenvalue weighted by atomic mass is 10.1. The van der Waals surface area contributed by atoms with Crippen molar-refractivity contribution in [1.29, 1.82) is 0 Å². The van der Waals surface area contributed by atoms with Crippen molar-refractivity contribution in [2.24, 2.45) is 0 Å². The molecule has 2 rings (SSSR count). The minimum absolute atomic E-state index is 0.103. The Labute approximate surface area is 155 Å². The number of hydrogen-bond acceptors (Lipinski definition) is 4. The molecule has 0 fully saturated rings. The first-order valence-corrected chi connectivity index (χ1v) is 9.15. The van der Waals surface area contributed by atoms with E-state index in [9.17, 15) is 9.90 Å². The fraction of sp³-hybridized carbons (Fsp3) is 0.167. The smallest absolute Gasteiger partial charge is 0.343 e. The number of aromatic hydroxyl groups is 1. The average Bonchev–Trinajstić information content (AvgIpc) is 2.55. The summed E-state index contributed by atoms with van der Waals surface area (Å²) in [6.45, 7) is 1.98. The van der Waals surface area contributed by atoms with Crippen LogP contribution < -0.4 is 0 Å². The van der Waals surface area contributed by atoms with E-state index in [1.807, 2.05) is 30.5 Å². The maximum atomic E-state index is 12.0. The molecule has 0 aliphatic rings. The third-order valence-electron chi connectivity index (χ3n) is 3.22. The molecule has 126 valence electrons. The van der Waals surface area contributed by atoms with Crippen LogP contribution in [0.3, 0.4) is 0 Å². The van der Waals surface area contributed by atoms with Gasteiger partial charge >= 0.3 is 5.97 Å². The number of thioether (sulfide) groups is 1. The first-order valence-electron chi connectivity index (χ1n) is 7.17. The van der Waals surface area contributed by atoms with Crippen LogP contribution in [0.2, 0.25) is 10.0 Å². The zero-order chi connectivity index (χ0) is 17.7. The summed E-state index contributed by atoms with van der Waals surface area (Å²) in [4.78, 5) is 12.6. The summed E-state index contributed by atoms with van der Waals surface area (Å²) < 4.78 is 4.99. The van der Waals surface area contributed by atoms with E-state index >= 15 is 0 Å². The first-order chi connectivity index (χ1) is 11.5. The van der Waals surface area contributed by atoms with Gasteiger partial charge in [0, 0.05) is 4.90 Å². The molecule has 0 unspecified atom stereocenters. The summed E-state index contributed by atoms with van der Waals surface area (Å²) in [5.74, 6) is -0.631. The van der Waals surface area contributed by atoms with Gasteiger partial charge in [-0.1, -0.05) is 41.4 Å². The van der Waals surface area contributed by atoms with Gasteiger partial charge in [-0.15, -0.1) is 11.8 Å². The van der Waals surface area contributed by atoms with E-state index in [1.165, 1.54) is 17.8 Å². The molecule has 0 spiro atoms. The predicted octanol–water partition coefficient (Wildman–Crippen LogP) is 5.77. The van der Waals surface area contributed by atoms with Crippen molar-refractivity contribution in [3.05, 3.63) is 57.1 Å². The number of ether oxygens (including phenoxy) is 1. The molecule has 0 saturated carbocycles. The van der Waals surface area contributed by atoms with Crippen molar-refractivity contribution in [3.8, 4) is 5.75 Å². The number of carbonyl (C=O) groups excluding carboxylic acids is 1. The van der Waals surface area contributed by atoms with Crippen LogP contribution in [-0.2, 0) is 4.74 Å². The Balaban J connectivity index is 2.34. The highest BCUT2D eigenvalue weighted by atomic mass is 35.5. The number of halogens is 2. The van der Waals surface area contributed by atoms with Crippen LogP contribution in [0.4, 0.5) is 0 Å². The van der Waals surface area contributed by atoms with Crippen molar-refractivity contribution in [3.63, 3.8) is 0 Å². The first kappa shape index (κ1) is 18.7. The standard InChI is InChI=1S/C18H16Cl2O3S/c1-3-23-18(22)17-15(21)9-12(10-16(17)24-2)5-4-11-6-7-13(19)14(20)8-11/h4-10,21H,3H2,1-2H3/b5-4+. The number of phenolic OH excluding ortho intramolecular Hbond substituents is 1. The largest absolute Gasteiger partial charge is 0.507 e. The Hall–Kier alpha value is -1.62. The normalized spacial score (nSPS) is 11.0. The molecule has 0 saturated heterocycles. The molecule has 0 aromatic heterocycles. The van der Waals surface area contributed by atoms with Crippen molar-refractivity contribution < 1.29 is 14.6 Å². The summed E-state index contributed by atoms with van der Waals surface area (Å²) in [5, 5.41) is 11.2. The lowest BCUT2D eigenvalue weighted by Gasteiger charge is -2.10. The van der Waals surface area contributed by atoms with E-state index in [0.29, 0.717) is 14.9 Å². The molecular formula is C18H16Cl2O3S. The second-order valence-corrected chi connectivity index (χ2v) is 6.51. The highest BCUT2D eigenvalue weighted by Crippen LogP contribution is 2.32. The van der Waals surface area contributed by atoms with Crippen molar-refractivity contribution in [2.75, 3.05) is 12.9 Å². The molecule has 0 aliphatic carbocycles. The van der Waals surface area contributed by atoms with Crippen LogP contribution in [0.5, 0.6) is 5.75 Å². The molecule has 0 bridgehead atoms. The Kier molecular flexibility index (Phi) is 6.60. The summed E-state index contributed by atoms with van der Waals surface area (Å²) >= 11 is 13.3. The van der Waals surface area contributed by atoms with Crippen LogP contribution in [0.25, 0.3) is 12.2 Å². The van der Waals surface area contributed by atoms with Crippen LogP contribution in [0.1, 0.15) is 28.4 Å². The van der Waals surface area contributed by atoms with Gasteiger partial charge in [-0.3, -0.25) is 0 Å². The van der Waals surface area contributed by atoms with Gasteiger partial charge in [0.1, 0.15) is 11.3 Å². The Morgan fingerprint density at radius 1 is 1.17 bits per heavy atom. The summed E-state index contributed by atoms with van der Waals surface area (Å²) in [6.07, 6.45) is 5.52. The maximum absolute atomic E-state index is 12.0. The molecule has 2 aromatic carbocycles. The Morgan fingerprint density at radius 3 is 2.50 bits per heavy atom. The topological polar surface area (TPSA) is 46.5 Å². The van der Waals surface area contributed by atoms with Gasteiger partial charge in [0.2, 0.25) is 0 Å². The van der Waals surface area contributed by atoms with Crippen LogP contribution in [0, 0.1) is 0 Å². The molecule has 0 heterocycles. The molecule has 3 nitrogen and oxygen atoms in total. The number of rotatable bonds is 5. The number of benzene rings is 2. The molecule has 0 amide bonds. The lowest BCUT2D eigenvalue weighted by Crippen LogP contribution is -2.06. The monoisotopic (exact) mass is 382 g/mol. The van der Waals surface area contributed by atoms with Crippen molar-refractivity contribution >= 4 is 53.1 Å². The van der Waals surface area contributed by atoms with Crippen molar-refractivity contribution in [1.82, 2.24) is 0 Å². The van der Waals surface area contributed by atoms with E-state index in [2.05, 4.69) is 0 Å². The van der Waals surface area contributed by atoms with E-state index in [4.69, 9.17) is 27.9 Å². The molecule has 1 N–H and O–H groups in total. The molecule has 0 atom stereocenters. The number of phenols is 1. The van der Waals surface area contributed by atoms with E-state index in [1.54, 1.807) is 19.1 Å². The second kappa shape index (κ2) is 8.47. The van der Waals surface area contributed by atoms with Crippen LogP contribution >= 0.6 is 35.0 Å². The van der Waals surface area contributed by atoms with Crippen LogP contribution in [-0.4, -0.2) is 23.9 Å². The van der Waals surface area contributed by atoms with E-state index < -0.39 is 5.97 Å². The van der Waals surface area contributed by atoms with Gasteiger partial charge in [0.15, 0.2) is 0 Å². The fourth-order valence-corrected chi connectivity index (χ4v) is 3.05. The summed E-state index contributed by atoms with van der Waals surface area (Å²) in [6, 6.07) is 8.67. The molecular weight excluding hydrogens is 367 g/mol. The quantitative estimate of drug-likeness (QED) is 0.405. The lowest BCUT2D eigenvalue weighted by molar-refractivity contribution is 0.0519. The van der Waals surface area contributed by atoms with E-state index in [0.717, 1.165) is 11.1 Å². The van der Waals surface area contributed by atoms with Gasteiger partial charge in [-0.25, -0.2) is 4.79 Å². The predicted molar refractivity (Wildman–Crippen MR) is 101 cm³/mol. The van der Waals surface area contributed by atoms with Gasteiger partial charge in [-0.2, -0.15) is 0 Å². The number of esters is 1. The zero-order valence-corrected chi connectivity index (χ0v) is 15.5.